The summed E-state index contributed by atoms with van der Waals surface area (Å²) in [5.74, 6) is 2.20. The van der Waals surface area contributed by atoms with Crippen LogP contribution < -0.4 is 5.32 Å². The van der Waals surface area contributed by atoms with Crippen LogP contribution in [0.1, 0.15) is 31.3 Å². The Morgan fingerprint density at radius 2 is 2.00 bits per heavy atom. The van der Waals surface area contributed by atoms with Gasteiger partial charge in [0.1, 0.15) is 11.5 Å². The lowest BCUT2D eigenvalue weighted by atomic mass is 10.1. The molecule has 0 amide bonds. The van der Waals surface area contributed by atoms with E-state index in [4.69, 9.17) is 4.42 Å². The molecule has 0 fully saturated rings. The number of aromatic nitrogens is 4. The van der Waals surface area contributed by atoms with Gasteiger partial charge in [0.05, 0.1) is 12.6 Å². The highest BCUT2D eigenvalue weighted by Crippen LogP contribution is 2.24. The number of hydrogen-bond donors (Lipinski definition) is 2. The summed E-state index contributed by atoms with van der Waals surface area (Å²) in [5.41, 5.74) is 1.85. The van der Waals surface area contributed by atoms with Crippen LogP contribution in [-0.2, 0) is 13.1 Å². The Balaban J connectivity index is 1.68. The number of tetrazole rings is 1. The summed E-state index contributed by atoms with van der Waals surface area (Å²) in [7, 11) is 0. The smallest absolute Gasteiger partial charge is 0.243 e. The van der Waals surface area contributed by atoms with Crippen molar-refractivity contribution >= 4 is 5.95 Å². The monoisotopic (exact) mass is 313 g/mol. The summed E-state index contributed by atoms with van der Waals surface area (Å²) in [6.07, 6.45) is -0.468. The van der Waals surface area contributed by atoms with Gasteiger partial charge in [-0.05, 0) is 42.0 Å². The predicted molar refractivity (Wildman–Crippen MR) is 85.6 cm³/mol. The summed E-state index contributed by atoms with van der Waals surface area (Å²) in [4.78, 5) is 0. The molecular formula is C16H19N5O2. The predicted octanol–water partition coefficient (Wildman–Crippen LogP) is 2.62. The number of nitrogens with one attached hydrogen (secondary N) is 1. The molecule has 2 aromatic heterocycles. The van der Waals surface area contributed by atoms with Gasteiger partial charge in [-0.25, -0.2) is 4.68 Å². The van der Waals surface area contributed by atoms with Crippen molar-refractivity contribution in [3.8, 4) is 11.3 Å². The number of aryl methyl sites for hydroxylation is 1. The Bertz CT molecular complexity index is 761. The first-order chi connectivity index (χ1) is 11.2. The average molecular weight is 313 g/mol. The maximum atomic E-state index is 9.54. The van der Waals surface area contributed by atoms with Crippen molar-refractivity contribution in [3.05, 3.63) is 47.7 Å². The van der Waals surface area contributed by atoms with Crippen molar-refractivity contribution in [2.24, 2.45) is 0 Å². The normalized spacial score (nSPS) is 12.3. The second-order valence-electron chi connectivity index (χ2n) is 5.24. The molecule has 1 aromatic carbocycles. The van der Waals surface area contributed by atoms with E-state index < -0.39 is 6.10 Å². The third-order valence-corrected chi connectivity index (χ3v) is 3.59. The standard InChI is InChI=1S/C16H19N5O2/c1-3-21-16(18-19-20-21)17-10-14-8-9-15(23-14)13-6-4-12(5-7-13)11(2)22/h4-9,11,22H,3,10H2,1-2H3,(H,17,18,20). The van der Waals surface area contributed by atoms with Gasteiger partial charge < -0.3 is 14.8 Å². The fraction of sp³-hybridized carbons (Fsp3) is 0.312. The highest BCUT2D eigenvalue weighted by Gasteiger charge is 2.08. The van der Waals surface area contributed by atoms with Crippen LogP contribution in [0.4, 0.5) is 5.95 Å². The topological polar surface area (TPSA) is 89.0 Å². The molecule has 1 unspecified atom stereocenters. The van der Waals surface area contributed by atoms with E-state index in [1.54, 1.807) is 11.6 Å². The Kier molecular flexibility index (Phi) is 4.38. The molecule has 23 heavy (non-hydrogen) atoms. The number of aliphatic hydroxyl groups excluding tert-OH is 1. The number of rotatable bonds is 6. The molecule has 0 aliphatic rings. The molecule has 0 bridgehead atoms. The lowest BCUT2D eigenvalue weighted by Gasteiger charge is -2.05. The second kappa shape index (κ2) is 6.62. The summed E-state index contributed by atoms with van der Waals surface area (Å²) < 4.78 is 7.52. The van der Waals surface area contributed by atoms with Crippen LogP contribution in [-0.4, -0.2) is 25.3 Å². The summed E-state index contributed by atoms with van der Waals surface area (Å²) >= 11 is 0. The van der Waals surface area contributed by atoms with E-state index in [0.29, 0.717) is 19.0 Å². The summed E-state index contributed by atoms with van der Waals surface area (Å²) in [6.45, 7) is 4.93. The molecule has 7 nitrogen and oxygen atoms in total. The third-order valence-electron chi connectivity index (χ3n) is 3.59. The maximum absolute atomic E-state index is 9.54. The molecule has 0 saturated carbocycles. The molecule has 0 saturated heterocycles. The van der Waals surface area contributed by atoms with Crippen molar-refractivity contribution in [1.82, 2.24) is 20.2 Å². The van der Waals surface area contributed by atoms with Gasteiger partial charge in [-0.15, -0.1) is 0 Å². The average Bonchev–Trinajstić information content (AvgIpc) is 3.21. The fourth-order valence-electron chi connectivity index (χ4n) is 2.26. The first kappa shape index (κ1) is 15.2. The van der Waals surface area contributed by atoms with Gasteiger partial charge in [0.2, 0.25) is 5.95 Å². The third kappa shape index (κ3) is 3.40. The largest absolute Gasteiger partial charge is 0.459 e. The number of anilines is 1. The Morgan fingerprint density at radius 3 is 2.70 bits per heavy atom. The van der Waals surface area contributed by atoms with Crippen LogP contribution in [0.3, 0.4) is 0 Å². The maximum Gasteiger partial charge on any atom is 0.243 e. The molecule has 0 aliphatic heterocycles. The van der Waals surface area contributed by atoms with E-state index in [2.05, 4.69) is 20.8 Å². The molecule has 2 heterocycles. The van der Waals surface area contributed by atoms with Crippen LogP contribution in [0, 0.1) is 0 Å². The first-order valence-corrected chi connectivity index (χ1v) is 7.54. The molecule has 0 radical (unpaired) electrons. The molecule has 2 N–H and O–H groups in total. The minimum Gasteiger partial charge on any atom is -0.459 e. The van der Waals surface area contributed by atoms with Crippen LogP contribution in [0.15, 0.2) is 40.8 Å². The quantitative estimate of drug-likeness (QED) is 0.727. The highest BCUT2D eigenvalue weighted by atomic mass is 16.3. The minimum absolute atomic E-state index is 0.468. The van der Waals surface area contributed by atoms with Crippen molar-refractivity contribution in [2.75, 3.05) is 5.32 Å². The minimum atomic E-state index is -0.468. The molecule has 0 aliphatic carbocycles. The van der Waals surface area contributed by atoms with E-state index in [1.807, 2.05) is 43.3 Å². The van der Waals surface area contributed by atoms with E-state index in [0.717, 1.165) is 22.6 Å². The Labute approximate surface area is 133 Å². The molecule has 3 aromatic rings. The van der Waals surface area contributed by atoms with Gasteiger partial charge in [0, 0.05) is 12.1 Å². The molecule has 120 valence electrons. The van der Waals surface area contributed by atoms with Gasteiger partial charge in [0.15, 0.2) is 0 Å². The Hall–Kier alpha value is -2.67. The number of furan rings is 1. The SMILES string of the molecule is CCn1nnnc1NCc1ccc(-c2ccc(C(C)O)cc2)o1. The second-order valence-corrected chi connectivity index (χ2v) is 5.24. The molecule has 1 atom stereocenters. The van der Waals surface area contributed by atoms with Crippen molar-refractivity contribution < 1.29 is 9.52 Å². The zero-order valence-electron chi connectivity index (χ0n) is 13.1. The van der Waals surface area contributed by atoms with Crippen molar-refractivity contribution in [3.63, 3.8) is 0 Å². The van der Waals surface area contributed by atoms with E-state index >= 15 is 0 Å². The molecular weight excluding hydrogens is 294 g/mol. The lowest BCUT2D eigenvalue weighted by molar-refractivity contribution is 0.199. The van der Waals surface area contributed by atoms with Gasteiger partial charge in [-0.1, -0.05) is 29.4 Å². The fourth-order valence-corrected chi connectivity index (χ4v) is 2.26. The highest BCUT2D eigenvalue weighted by molar-refractivity contribution is 5.58. The number of hydrogen-bond acceptors (Lipinski definition) is 6. The van der Waals surface area contributed by atoms with Gasteiger partial charge >= 0.3 is 0 Å². The summed E-state index contributed by atoms with van der Waals surface area (Å²) in [6, 6.07) is 11.5. The van der Waals surface area contributed by atoms with Gasteiger partial charge in [0.25, 0.3) is 0 Å². The molecule has 7 heteroatoms. The van der Waals surface area contributed by atoms with E-state index in [1.165, 1.54) is 0 Å². The lowest BCUT2D eigenvalue weighted by Crippen LogP contribution is -2.07. The zero-order chi connectivity index (χ0) is 16.2. The van der Waals surface area contributed by atoms with Gasteiger partial charge in [-0.3, -0.25) is 0 Å². The Morgan fingerprint density at radius 1 is 1.22 bits per heavy atom. The van der Waals surface area contributed by atoms with Crippen LogP contribution in [0.25, 0.3) is 11.3 Å². The summed E-state index contributed by atoms with van der Waals surface area (Å²) in [5, 5.41) is 24.1. The zero-order valence-corrected chi connectivity index (χ0v) is 13.1. The number of aliphatic hydroxyl groups is 1. The molecule has 0 spiro atoms. The number of nitrogens with zero attached hydrogens (tertiary/aromatic N) is 4. The van der Waals surface area contributed by atoms with Crippen LogP contribution in [0.5, 0.6) is 0 Å². The van der Waals surface area contributed by atoms with Crippen LogP contribution >= 0.6 is 0 Å². The van der Waals surface area contributed by atoms with Gasteiger partial charge in [-0.2, -0.15) is 0 Å². The van der Waals surface area contributed by atoms with E-state index in [-0.39, 0.29) is 0 Å². The first-order valence-electron chi connectivity index (χ1n) is 7.54. The van der Waals surface area contributed by atoms with Crippen LogP contribution in [0.2, 0.25) is 0 Å². The number of benzene rings is 1. The van der Waals surface area contributed by atoms with Crippen molar-refractivity contribution in [1.29, 1.82) is 0 Å². The molecule has 3 rings (SSSR count). The van der Waals surface area contributed by atoms with E-state index in [9.17, 15) is 5.11 Å². The van der Waals surface area contributed by atoms with Crippen molar-refractivity contribution in [2.45, 2.75) is 33.0 Å².